The molecule has 0 saturated heterocycles. The molecule has 0 amide bonds. The number of benzene rings is 1. The fraction of sp³-hybridized carbons (Fsp3) is 0. The maximum Gasteiger partial charge on any atom is 0.270 e. The highest BCUT2D eigenvalue weighted by Crippen LogP contribution is 2.28. The molecule has 7 nitrogen and oxygen atoms in total. The van der Waals surface area contributed by atoms with Crippen LogP contribution in [0.25, 0.3) is 22.2 Å². The van der Waals surface area contributed by atoms with E-state index in [1.54, 1.807) is 24.3 Å². The molecule has 0 fully saturated rings. The van der Waals surface area contributed by atoms with E-state index in [1.165, 1.54) is 18.2 Å². The van der Waals surface area contributed by atoms with Crippen molar-refractivity contribution in [2.24, 2.45) is 0 Å². The number of hydrogen-bond acceptors (Lipinski definition) is 5. The normalized spacial score (nSPS) is 10.7. The third-order valence-electron chi connectivity index (χ3n) is 3.09. The molecule has 0 spiro atoms. The Hall–Kier alpha value is -3.22. The number of nitro groups is 1. The molecule has 1 aromatic carbocycles. The van der Waals surface area contributed by atoms with Gasteiger partial charge >= 0.3 is 0 Å². The number of aromatic amines is 1. The number of non-ortho nitro benzene ring substituents is 1. The van der Waals surface area contributed by atoms with Crippen molar-refractivity contribution < 1.29 is 4.92 Å². The molecule has 3 aromatic rings. The molecule has 0 radical (unpaired) electrons. The first kappa shape index (κ1) is 12.8. The largest absolute Gasteiger partial charge is 0.384 e. The number of nitro benzene ring substituents is 1. The van der Waals surface area contributed by atoms with Gasteiger partial charge in [-0.3, -0.25) is 14.9 Å². The minimum Gasteiger partial charge on any atom is -0.384 e. The van der Waals surface area contributed by atoms with Crippen molar-refractivity contribution in [3.05, 3.63) is 62.9 Å². The number of nitrogens with one attached hydrogen (secondary N) is 1. The molecule has 3 rings (SSSR count). The van der Waals surface area contributed by atoms with Crippen molar-refractivity contribution in [1.82, 2.24) is 9.97 Å². The summed E-state index contributed by atoms with van der Waals surface area (Å²) in [6, 6.07) is 10.8. The van der Waals surface area contributed by atoms with Gasteiger partial charge in [0, 0.05) is 23.6 Å². The van der Waals surface area contributed by atoms with Gasteiger partial charge in [-0.25, -0.2) is 4.98 Å². The highest BCUT2D eigenvalue weighted by molar-refractivity contribution is 5.93. The van der Waals surface area contributed by atoms with Crippen LogP contribution in [0.15, 0.2) is 47.3 Å². The number of aromatic nitrogens is 2. The van der Waals surface area contributed by atoms with E-state index in [1.807, 2.05) is 0 Å². The third kappa shape index (κ3) is 2.32. The number of fused-ring (bicyclic) bond motifs is 1. The van der Waals surface area contributed by atoms with Crippen molar-refractivity contribution in [2.75, 3.05) is 5.73 Å². The average Bonchev–Trinajstić information content (AvgIpc) is 2.46. The van der Waals surface area contributed by atoms with Gasteiger partial charge in [0.15, 0.2) is 0 Å². The Morgan fingerprint density at radius 1 is 1.19 bits per heavy atom. The van der Waals surface area contributed by atoms with E-state index in [0.717, 1.165) is 0 Å². The Morgan fingerprint density at radius 3 is 2.76 bits per heavy atom. The summed E-state index contributed by atoms with van der Waals surface area (Å²) in [4.78, 5) is 28.8. The van der Waals surface area contributed by atoms with Gasteiger partial charge < -0.3 is 10.7 Å². The van der Waals surface area contributed by atoms with E-state index in [-0.39, 0.29) is 17.1 Å². The Balaban J connectivity index is 2.32. The molecular formula is C14H10N4O3. The summed E-state index contributed by atoms with van der Waals surface area (Å²) >= 11 is 0. The fourth-order valence-corrected chi connectivity index (χ4v) is 2.17. The van der Waals surface area contributed by atoms with Crippen LogP contribution in [0.5, 0.6) is 0 Å². The Bertz CT molecular complexity index is 917. The lowest BCUT2D eigenvalue weighted by molar-refractivity contribution is -0.384. The minimum atomic E-state index is -0.477. The molecular weight excluding hydrogens is 272 g/mol. The zero-order chi connectivity index (χ0) is 15.0. The second-order valence-electron chi connectivity index (χ2n) is 4.49. The van der Waals surface area contributed by atoms with Crippen molar-refractivity contribution in [3.8, 4) is 11.1 Å². The fourth-order valence-electron chi connectivity index (χ4n) is 2.17. The van der Waals surface area contributed by atoms with Gasteiger partial charge in [0.1, 0.15) is 11.5 Å². The molecule has 0 aliphatic carbocycles. The van der Waals surface area contributed by atoms with Crippen LogP contribution in [0.4, 0.5) is 11.5 Å². The standard InChI is InChI=1S/C14H10N4O3/c15-12-5-4-10-11(7-13(19)17-14(10)16-12)8-2-1-3-9(6-8)18(20)21/h1-7H,(H3,15,16,17,19). The van der Waals surface area contributed by atoms with Crippen molar-refractivity contribution in [3.63, 3.8) is 0 Å². The van der Waals surface area contributed by atoms with E-state index in [4.69, 9.17) is 5.73 Å². The average molecular weight is 282 g/mol. The smallest absolute Gasteiger partial charge is 0.270 e. The number of nitrogen functional groups attached to an aromatic ring is 1. The molecule has 2 heterocycles. The summed E-state index contributed by atoms with van der Waals surface area (Å²) in [7, 11) is 0. The van der Waals surface area contributed by atoms with Crippen molar-refractivity contribution >= 4 is 22.5 Å². The van der Waals surface area contributed by atoms with Crippen LogP contribution >= 0.6 is 0 Å². The lowest BCUT2D eigenvalue weighted by Gasteiger charge is -2.06. The Kier molecular flexibility index (Phi) is 2.87. The van der Waals surface area contributed by atoms with Gasteiger partial charge in [-0.2, -0.15) is 0 Å². The second-order valence-corrected chi connectivity index (χ2v) is 4.49. The van der Waals surface area contributed by atoms with Gasteiger partial charge in [-0.15, -0.1) is 0 Å². The zero-order valence-electron chi connectivity index (χ0n) is 10.7. The molecule has 0 aliphatic rings. The third-order valence-corrected chi connectivity index (χ3v) is 3.09. The minimum absolute atomic E-state index is 0.0377. The first-order chi connectivity index (χ1) is 10.0. The van der Waals surface area contributed by atoms with Crippen LogP contribution in [0.3, 0.4) is 0 Å². The van der Waals surface area contributed by atoms with E-state index in [2.05, 4.69) is 9.97 Å². The first-order valence-corrected chi connectivity index (χ1v) is 6.09. The number of hydrogen-bond donors (Lipinski definition) is 2. The Morgan fingerprint density at radius 2 is 2.00 bits per heavy atom. The van der Waals surface area contributed by atoms with E-state index < -0.39 is 4.92 Å². The van der Waals surface area contributed by atoms with Gasteiger partial charge in [0.25, 0.3) is 5.69 Å². The molecule has 0 atom stereocenters. The Labute approximate surface area is 118 Å². The lowest BCUT2D eigenvalue weighted by atomic mass is 10.0. The molecule has 21 heavy (non-hydrogen) atoms. The van der Waals surface area contributed by atoms with Gasteiger partial charge in [0.2, 0.25) is 5.56 Å². The highest BCUT2D eigenvalue weighted by Gasteiger charge is 2.11. The molecule has 0 bridgehead atoms. The molecule has 0 aliphatic heterocycles. The van der Waals surface area contributed by atoms with Gasteiger partial charge in [0.05, 0.1) is 4.92 Å². The van der Waals surface area contributed by atoms with Gasteiger partial charge in [-0.1, -0.05) is 12.1 Å². The number of nitrogens with two attached hydrogens (primary N) is 1. The summed E-state index contributed by atoms with van der Waals surface area (Å²) in [6.07, 6.45) is 0. The first-order valence-electron chi connectivity index (χ1n) is 6.09. The maximum atomic E-state index is 11.7. The molecule has 3 N–H and O–H groups in total. The van der Waals surface area contributed by atoms with E-state index >= 15 is 0 Å². The number of H-pyrrole nitrogens is 1. The van der Waals surface area contributed by atoms with Crippen molar-refractivity contribution in [1.29, 1.82) is 0 Å². The molecule has 7 heteroatoms. The summed E-state index contributed by atoms with van der Waals surface area (Å²) in [6.45, 7) is 0. The predicted octanol–water partition coefficient (Wildman–Crippen LogP) is 2.08. The van der Waals surface area contributed by atoms with Crippen LogP contribution in [0.1, 0.15) is 0 Å². The van der Waals surface area contributed by atoms with Crippen LogP contribution in [-0.2, 0) is 0 Å². The second kappa shape index (κ2) is 4.71. The topological polar surface area (TPSA) is 115 Å². The monoisotopic (exact) mass is 282 g/mol. The van der Waals surface area contributed by atoms with Crippen LogP contribution in [0, 0.1) is 10.1 Å². The summed E-state index contributed by atoms with van der Waals surface area (Å²) < 4.78 is 0. The number of rotatable bonds is 2. The maximum absolute atomic E-state index is 11.7. The summed E-state index contributed by atoms with van der Waals surface area (Å²) in [5.41, 5.74) is 6.72. The molecule has 0 saturated carbocycles. The number of pyridine rings is 2. The SMILES string of the molecule is Nc1ccc2c(-c3cccc([N+](=O)[O-])c3)cc(=O)[nH]c2n1. The summed E-state index contributed by atoms with van der Waals surface area (Å²) in [5, 5.41) is 11.5. The quantitative estimate of drug-likeness (QED) is 0.551. The number of nitrogens with zero attached hydrogens (tertiary/aromatic N) is 2. The summed E-state index contributed by atoms with van der Waals surface area (Å²) in [5.74, 6) is 0.286. The highest BCUT2D eigenvalue weighted by atomic mass is 16.6. The van der Waals surface area contributed by atoms with Crippen LogP contribution in [-0.4, -0.2) is 14.9 Å². The van der Waals surface area contributed by atoms with Crippen molar-refractivity contribution in [2.45, 2.75) is 0 Å². The van der Waals surface area contributed by atoms with Crippen LogP contribution in [0.2, 0.25) is 0 Å². The van der Waals surface area contributed by atoms with Gasteiger partial charge in [-0.05, 0) is 23.3 Å². The number of anilines is 1. The molecule has 2 aromatic heterocycles. The van der Waals surface area contributed by atoms with E-state index in [9.17, 15) is 14.9 Å². The lowest BCUT2D eigenvalue weighted by Crippen LogP contribution is -2.06. The molecule has 0 unspecified atom stereocenters. The van der Waals surface area contributed by atoms with Crippen LogP contribution < -0.4 is 11.3 Å². The molecule has 104 valence electrons. The predicted molar refractivity (Wildman–Crippen MR) is 78.9 cm³/mol. The van der Waals surface area contributed by atoms with E-state index in [0.29, 0.717) is 22.2 Å². The zero-order valence-corrected chi connectivity index (χ0v) is 10.7.